The number of benzene rings is 1. The minimum absolute atomic E-state index is 0. The van der Waals surface area contributed by atoms with E-state index in [1.807, 2.05) is 46.2 Å². The number of halogens is 1. The molecule has 2 rings (SSSR count). The number of nitrogens with zero attached hydrogens (tertiary/aromatic N) is 3. The molecule has 2 aromatic rings. The van der Waals surface area contributed by atoms with Crippen molar-refractivity contribution in [3.63, 3.8) is 0 Å². The zero-order valence-corrected chi connectivity index (χ0v) is 19.7. The molecule has 0 saturated heterocycles. The third kappa shape index (κ3) is 6.80. The van der Waals surface area contributed by atoms with E-state index >= 15 is 0 Å². The minimum Gasteiger partial charge on any atom is -0.370 e. The third-order valence-electron chi connectivity index (χ3n) is 3.01. The van der Waals surface area contributed by atoms with Gasteiger partial charge in [0.05, 0.1) is 5.56 Å². The van der Waals surface area contributed by atoms with Gasteiger partial charge in [-0.15, -0.1) is 17.7 Å². The molecule has 1 heterocycles. The number of hydrogen-bond donors (Lipinski definition) is 1. The number of aromatic nitrogens is 2. The van der Waals surface area contributed by atoms with Crippen LogP contribution in [0.4, 0.5) is 16.0 Å². The molecule has 0 fully saturated rings. The van der Waals surface area contributed by atoms with Crippen molar-refractivity contribution >= 4 is 17.2 Å². The molecule has 0 amide bonds. The van der Waals surface area contributed by atoms with Gasteiger partial charge in [0.2, 0.25) is 0 Å². The molecule has 0 atom stereocenters. The summed E-state index contributed by atoms with van der Waals surface area (Å²) in [6.07, 6.45) is 3.50. The first-order chi connectivity index (χ1) is 11.5. The molecule has 0 unspecified atom stereocenters. The Bertz CT molecular complexity index is 674. The second kappa shape index (κ2) is 12.1. The Labute approximate surface area is 174 Å². The monoisotopic (exact) mass is 566 g/mol. The smallest absolute Gasteiger partial charge is 0.370 e. The molecule has 0 spiro atoms. The van der Waals surface area contributed by atoms with Gasteiger partial charge >= 0.3 is 31.1 Å². The third-order valence-corrected chi connectivity index (χ3v) is 3.01. The Hall–Kier alpha value is -1.38. The van der Waals surface area contributed by atoms with Crippen molar-refractivity contribution in [1.29, 1.82) is 0 Å². The van der Waals surface area contributed by atoms with Crippen LogP contribution in [-0.2, 0) is 0 Å². The Morgan fingerprint density at radius 2 is 2.00 bits per heavy atom. The summed E-state index contributed by atoms with van der Waals surface area (Å²) >= 11 is 0. The summed E-state index contributed by atoms with van der Waals surface area (Å²) in [4.78, 5) is 10.5. The summed E-state index contributed by atoms with van der Waals surface area (Å²) in [5.74, 6) is 1.01. The Kier molecular flexibility index (Phi) is 11.4. The van der Waals surface area contributed by atoms with Crippen molar-refractivity contribution in [2.75, 3.05) is 30.9 Å². The molecule has 0 saturated carbocycles. The fraction of sp³-hybridized carbons (Fsp3) is 0.316. The molecule has 132 valence electrons. The molecule has 6 heteroatoms. The quantitative estimate of drug-likeness (QED) is 0.551. The van der Waals surface area contributed by atoms with Crippen LogP contribution in [0.25, 0.3) is 5.57 Å². The van der Waals surface area contributed by atoms with Gasteiger partial charge in [0, 0.05) is 26.5 Å². The fourth-order valence-electron chi connectivity index (χ4n) is 2.06. The molecule has 1 N–H and O–H groups in total. The van der Waals surface area contributed by atoms with Crippen LogP contribution in [0.1, 0.15) is 31.9 Å². The summed E-state index contributed by atoms with van der Waals surface area (Å²) in [7, 11) is 3.79. The maximum atomic E-state index is 13.4. The largest absolute Gasteiger partial charge is 2.00 e. The van der Waals surface area contributed by atoms with Crippen LogP contribution in [0.3, 0.4) is 0 Å². The topological polar surface area (TPSA) is 41.1 Å². The van der Waals surface area contributed by atoms with Crippen LogP contribution in [0.5, 0.6) is 0 Å². The van der Waals surface area contributed by atoms with E-state index in [2.05, 4.69) is 27.9 Å². The van der Waals surface area contributed by atoms with Gasteiger partial charge in [-0.25, -0.2) is 14.4 Å². The van der Waals surface area contributed by atoms with Crippen LogP contribution < -0.4 is 10.2 Å². The average molecular weight is 566 g/mol. The number of hydrogen-bond acceptors (Lipinski definition) is 4. The number of anilines is 2. The van der Waals surface area contributed by atoms with E-state index in [1.54, 1.807) is 12.1 Å². The SMILES string of the molecule is C=C(c1cc[c-]c(F)c1)c1c(NCC)ncnc1N(C)C.C[CH-]C.[U+2]. The van der Waals surface area contributed by atoms with Crippen LogP contribution >= 0.6 is 0 Å². The average Bonchev–Trinajstić information content (AvgIpc) is 2.55. The molecule has 0 aliphatic heterocycles. The van der Waals surface area contributed by atoms with Crippen LogP contribution in [0.15, 0.2) is 31.1 Å². The van der Waals surface area contributed by atoms with Crippen LogP contribution in [0.2, 0.25) is 0 Å². The van der Waals surface area contributed by atoms with E-state index < -0.39 is 5.82 Å². The van der Waals surface area contributed by atoms with Gasteiger partial charge in [0.25, 0.3) is 0 Å². The van der Waals surface area contributed by atoms with E-state index in [9.17, 15) is 4.39 Å². The van der Waals surface area contributed by atoms with Gasteiger partial charge in [0.1, 0.15) is 18.0 Å². The molecule has 0 aliphatic carbocycles. The van der Waals surface area contributed by atoms with Crippen molar-refractivity contribution in [2.24, 2.45) is 0 Å². The summed E-state index contributed by atoms with van der Waals surface area (Å²) < 4.78 is 13.4. The van der Waals surface area contributed by atoms with Crippen molar-refractivity contribution in [3.8, 4) is 0 Å². The zero-order chi connectivity index (χ0) is 18.1. The molecular weight excluding hydrogens is 541 g/mol. The summed E-state index contributed by atoms with van der Waals surface area (Å²) in [5.41, 5.74) is 2.13. The Balaban J connectivity index is 0.00000134. The van der Waals surface area contributed by atoms with Crippen molar-refractivity contribution in [2.45, 2.75) is 20.8 Å². The molecule has 4 nitrogen and oxygen atoms in total. The van der Waals surface area contributed by atoms with E-state index in [-0.39, 0.29) is 31.1 Å². The minimum atomic E-state index is -0.415. The second-order valence-corrected chi connectivity index (χ2v) is 5.33. The predicted molar refractivity (Wildman–Crippen MR) is 99.5 cm³/mol. The normalized spacial score (nSPS) is 9.36. The molecule has 0 aliphatic rings. The van der Waals surface area contributed by atoms with E-state index in [0.29, 0.717) is 17.0 Å². The van der Waals surface area contributed by atoms with Crippen molar-refractivity contribution in [1.82, 2.24) is 9.97 Å². The van der Waals surface area contributed by atoms with Crippen molar-refractivity contribution in [3.05, 3.63) is 60.5 Å². The maximum absolute atomic E-state index is 13.4. The second-order valence-electron chi connectivity index (χ2n) is 5.33. The number of nitrogens with one attached hydrogen (secondary N) is 1. The van der Waals surface area contributed by atoms with E-state index in [4.69, 9.17) is 0 Å². The maximum Gasteiger partial charge on any atom is 2.00 e. The first-order valence-electron chi connectivity index (χ1n) is 7.83. The van der Waals surface area contributed by atoms with Crippen molar-refractivity contribution < 1.29 is 35.5 Å². The van der Waals surface area contributed by atoms with Gasteiger partial charge in [-0.1, -0.05) is 6.58 Å². The zero-order valence-electron chi connectivity index (χ0n) is 15.5. The summed E-state index contributed by atoms with van der Waals surface area (Å²) in [6, 6.07) is 7.21. The van der Waals surface area contributed by atoms with E-state index in [1.165, 1.54) is 12.4 Å². The van der Waals surface area contributed by atoms with Gasteiger partial charge < -0.3 is 16.6 Å². The van der Waals surface area contributed by atoms with Crippen LogP contribution in [-0.4, -0.2) is 30.6 Å². The Morgan fingerprint density at radius 3 is 2.52 bits per heavy atom. The Morgan fingerprint density at radius 1 is 1.36 bits per heavy atom. The van der Waals surface area contributed by atoms with Crippen LogP contribution in [0, 0.1) is 49.4 Å². The molecule has 0 bridgehead atoms. The fourth-order valence-corrected chi connectivity index (χ4v) is 2.06. The predicted octanol–water partition coefficient (Wildman–Crippen LogP) is 4.21. The molecule has 25 heavy (non-hydrogen) atoms. The first-order valence-corrected chi connectivity index (χ1v) is 7.83. The van der Waals surface area contributed by atoms with Gasteiger partial charge in [-0.05, 0) is 12.5 Å². The molecular formula is C19H25FN4U. The van der Waals surface area contributed by atoms with E-state index in [0.717, 1.165) is 17.9 Å². The number of rotatable bonds is 5. The molecule has 1 aromatic heterocycles. The first kappa shape index (κ1) is 23.6. The molecule has 0 radical (unpaired) electrons. The van der Waals surface area contributed by atoms with Gasteiger partial charge in [0.15, 0.2) is 0 Å². The summed E-state index contributed by atoms with van der Waals surface area (Å²) in [5, 5.41) is 3.20. The summed E-state index contributed by atoms with van der Waals surface area (Å²) in [6.45, 7) is 10.8. The van der Waals surface area contributed by atoms with Gasteiger partial charge in [-0.2, -0.15) is 26.0 Å². The molecule has 1 aromatic carbocycles. The van der Waals surface area contributed by atoms with Gasteiger partial charge in [-0.3, -0.25) is 0 Å². The standard InChI is InChI=1S/C16H18FN4.C3H7.U/c1-5-18-15-14(16(21(3)4)20-10-19-15)11(2)12-7-6-8-13(17)9-12;1-3-2;/h6-7,9-10H,2,5H2,1,3-4H3,(H,18,19,20);3H,1-2H3;/q2*-1;+2.